The zero-order chi connectivity index (χ0) is 14.7. The van der Waals surface area contributed by atoms with Crippen LogP contribution in [0, 0.1) is 13.8 Å². The molecular weight excluding hydrogens is 264 g/mol. The molecule has 0 aliphatic rings. The quantitative estimate of drug-likeness (QED) is 0.749. The Kier molecular flexibility index (Phi) is 3.79. The predicted molar refractivity (Wildman–Crippen MR) is 80.0 cm³/mol. The van der Waals surface area contributed by atoms with Crippen LogP contribution in [-0.4, -0.2) is 25.0 Å². The van der Waals surface area contributed by atoms with Crippen LogP contribution in [0.25, 0.3) is 5.82 Å². The van der Waals surface area contributed by atoms with Crippen molar-refractivity contribution < 1.29 is 0 Å². The van der Waals surface area contributed by atoms with E-state index in [0.717, 1.165) is 30.3 Å². The molecule has 0 aromatic carbocycles. The predicted octanol–water partition coefficient (Wildman–Crippen LogP) is 1.90. The van der Waals surface area contributed by atoms with Gasteiger partial charge in [-0.15, -0.1) is 0 Å². The van der Waals surface area contributed by atoms with Gasteiger partial charge >= 0.3 is 0 Å². The van der Waals surface area contributed by atoms with E-state index in [-0.39, 0.29) is 0 Å². The molecule has 0 unspecified atom stereocenters. The SMILES string of the molecule is Cc1n[nH]c(C)c1CNCc1ccnc(-n2cccn2)c1. The van der Waals surface area contributed by atoms with Crippen molar-refractivity contribution in [2.75, 3.05) is 0 Å². The Morgan fingerprint density at radius 1 is 1.24 bits per heavy atom. The average molecular weight is 282 g/mol. The molecule has 0 aliphatic heterocycles. The number of nitrogens with zero attached hydrogens (tertiary/aromatic N) is 4. The molecule has 0 aliphatic carbocycles. The summed E-state index contributed by atoms with van der Waals surface area (Å²) in [4.78, 5) is 4.33. The monoisotopic (exact) mass is 282 g/mol. The van der Waals surface area contributed by atoms with Crippen LogP contribution < -0.4 is 5.32 Å². The molecule has 2 N–H and O–H groups in total. The first-order valence-corrected chi connectivity index (χ1v) is 6.90. The smallest absolute Gasteiger partial charge is 0.153 e. The molecule has 21 heavy (non-hydrogen) atoms. The molecule has 3 rings (SSSR count). The highest BCUT2D eigenvalue weighted by molar-refractivity contribution is 5.27. The zero-order valence-corrected chi connectivity index (χ0v) is 12.2. The molecule has 0 atom stereocenters. The number of rotatable bonds is 5. The van der Waals surface area contributed by atoms with E-state index >= 15 is 0 Å². The molecule has 0 amide bonds. The first-order chi connectivity index (χ1) is 10.2. The lowest BCUT2D eigenvalue weighted by atomic mass is 10.2. The molecule has 3 aromatic heterocycles. The summed E-state index contributed by atoms with van der Waals surface area (Å²) in [6.07, 6.45) is 5.44. The summed E-state index contributed by atoms with van der Waals surface area (Å²) in [6.45, 7) is 5.64. The fraction of sp³-hybridized carbons (Fsp3) is 0.267. The Morgan fingerprint density at radius 3 is 2.86 bits per heavy atom. The Hall–Kier alpha value is -2.47. The number of nitrogens with one attached hydrogen (secondary N) is 2. The van der Waals surface area contributed by atoms with E-state index in [1.54, 1.807) is 10.9 Å². The molecule has 6 heteroatoms. The lowest BCUT2D eigenvalue weighted by Crippen LogP contribution is -2.14. The lowest BCUT2D eigenvalue weighted by molar-refractivity contribution is 0.686. The molecular formula is C15H18N6. The van der Waals surface area contributed by atoms with E-state index in [9.17, 15) is 0 Å². The third-order valence-electron chi connectivity index (χ3n) is 3.46. The van der Waals surface area contributed by atoms with Gasteiger partial charge in [0.05, 0.1) is 5.69 Å². The third-order valence-corrected chi connectivity index (χ3v) is 3.46. The maximum absolute atomic E-state index is 4.33. The standard InChI is InChI=1S/C15H18N6/c1-11-14(12(2)20-19-11)10-16-9-13-4-6-17-15(8-13)21-7-3-5-18-21/h3-8,16H,9-10H2,1-2H3,(H,19,20). The lowest BCUT2D eigenvalue weighted by Gasteiger charge is -2.07. The van der Waals surface area contributed by atoms with Gasteiger partial charge in [0.2, 0.25) is 0 Å². The van der Waals surface area contributed by atoms with Gasteiger partial charge < -0.3 is 5.32 Å². The van der Waals surface area contributed by atoms with Crippen LogP contribution in [0.3, 0.4) is 0 Å². The fourth-order valence-electron chi connectivity index (χ4n) is 2.27. The van der Waals surface area contributed by atoms with Crippen LogP contribution in [0.15, 0.2) is 36.8 Å². The Balaban J connectivity index is 1.65. The van der Waals surface area contributed by atoms with Crippen molar-refractivity contribution in [2.24, 2.45) is 0 Å². The number of hydrogen-bond donors (Lipinski definition) is 2. The highest BCUT2D eigenvalue weighted by Gasteiger charge is 2.06. The van der Waals surface area contributed by atoms with Gasteiger partial charge in [-0.25, -0.2) is 9.67 Å². The van der Waals surface area contributed by atoms with Crippen molar-refractivity contribution in [3.63, 3.8) is 0 Å². The number of H-pyrrole nitrogens is 1. The summed E-state index contributed by atoms with van der Waals surface area (Å²) in [7, 11) is 0. The molecule has 0 fully saturated rings. The molecule has 0 saturated heterocycles. The molecule has 0 saturated carbocycles. The van der Waals surface area contributed by atoms with Crippen molar-refractivity contribution in [1.82, 2.24) is 30.3 Å². The van der Waals surface area contributed by atoms with Gasteiger partial charge in [-0.2, -0.15) is 10.2 Å². The van der Waals surface area contributed by atoms with E-state index in [4.69, 9.17) is 0 Å². The Bertz CT molecular complexity index is 694. The molecule has 3 heterocycles. The Labute approximate surface area is 123 Å². The van der Waals surface area contributed by atoms with Crippen molar-refractivity contribution >= 4 is 0 Å². The Morgan fingerprint density at radius 2 is 2.14 bits per heavy atom. The molecule has 0 bridgehead atoms. The summed E-state index contributed by atoms with van der Waals surface area (Å²) in [5.74, 6) is 0.829. The van der Waals surface area contributed by atoms with E-state index in [1.807, 2.05) is 44.4 Å². The second kappa shape index (κ2) is 5.88. The van der Waals surface area contributed by atoms with Crippen molar-refractivity contribution in [2.45, 2.75) is 26.9 Å². The summed E-state index contributed by atoms with van der Waals surface area (Å²) in [6, 6.07) is 5.93. The van der Waals surface area contributed by atoms with Gasteiger partial charge in [-0.05, 0) is 37.6 Å². The molecule has 108 valence electrons. The number of pyridine rings is 1. The number of aryl methyl sites for hydroxylation is 2. The van der Waals surface area contributed by atoms with E-state index in [1.165, 1.54) is 11.1 Å². The van der Waals surface area contributed by atoms with Crippen molar-refractivity contribution in [3.05, 3.63) is 59.3 Å². The first kappa shape index (κ1) is 13.5. The van der Waals surface area contributed by atoms with E-state index in [0.29, 0.717) is 0 Å². The van der Waals surface area contributed by atoms with Crippen LogP contribution in [-0.2, 0) is 13.1 Å². The minimum absolute atomic E-state index is 0.779. The van der Waals surface area contributed by atoms with E-state index < -0.39 is 0 Å². The second-order valence-corrected chi connectivity index (χ2v) is 4.99. The summed E-state index contributed by atoms with van der Waals surface area (Å²) in [5, 5.41) is 14.8. The minimum Gasteiger partial charge on any atom is -0.308 e. The van der Waals surface area contributed by atoms with Crippen molar-refractivity contribution in [1.29, 1.82) is 0 Å². The van der Waals surface area contributed by atoms with Crippen molar-refractivity contribution in [3.8, 4) is 5.82 Å². The zero-order valence-electron chi connectivity index (χ0n) is 12.2. The molecule has 3 aromatic rings. The minimum atomic E-state index is 0.779. The average Bonchev–Trinajstić information content (AvgIpc) is 3.13. The summed E-state index contributed by atoms with van der Waals surface area (Å²) in [5.41, 5.74) is 4.57. The molecule has 0 spiro atoms. The van der Waals surface area contributed by atoms with E-state index in [2.05, 4.69) is 25.6 Å². The number of aromatic nitrogens is 5. The fourth-order valence-corrected chi connectivity index (χ4v) is 2.27. The summed E-state index contributed by atoms with van der Waals surface area (Å²) >= 11 is 0. The van der Waals surface area contributed by atoms with Gasteiger partial charge in [-0.3, -0.25) is 5.10 Å². The van der Waals surface area contributed by atoms with Crippen LogP contribution in [0.5, 0.6) is 0 Å². The topological polar surface area (TPSA) is 71.4 Å². The number of hydrogen-bond acceptors (Lipinski definition) is 4. The molecule has 0 radical (unpaired) electrons. The highest BCUT2D eigenvalue weighted by Crippen LogP contribution is 2.10. The van der Waals surface area contributed by atoms with Gasteiger partial charge in [0, 0.05) is 42.9 Å². The molecule has 6 nitrogen and oxygen atoms in total. The largest absolute Gasteiger partial charge is 0.308 e. The normalized spacial score (nSPS) is 11.0. The summed E-state index contributed by atoms with van der Waals surface area (Å²) < 4.78 is 1.76. The van der Waals surface area contributed by atoms with Crippen LogP contribution in [0.1, 0.15) is 22.5 Å². The highest BCUT2D eigenvalue weighted by atomic mass is 15.3. The van der Waals surface area contributed by atoms with Crippen LogP contribution >= 0.6 is 0 Å². The third kappa shape index (κ3) is 3.00. The van der Waals surface area contributed by atoms with Gasteiger partial charge in [0.1, 0.15) is 0 Å². The van der Waals surface area contributed by atoms with Gasteiger partial charge in [0.15, 0.2) is 5.82 Å². The van der Waals surface area contributed by atoms with Gasteiger partial charge in [0.25, 0.3) is 0 Å². The number of aromatic amines is 1. The first-order valence-electron chi connectivity index (χ1n) is 6.90. The van der Waals surface area contributed by atoms with Gasteiger partial charge in [-0.1, -0.05) is 0 Å². The second-order valence-electron chi connectivity index (χ2n) is 4.99. The van der Waals surface area contributed by atoms with Crippen LogP contribution in [0.2, 0.25) is 0 Å². The maximum atomic E-state index is 4.33. The van der Waals surface area contributed by atoms with Crippen LogP contribution in [0.4, 0.5) is 0 Å². The maximum Gasteiger partial charge on any atom is 0.153 e.